The number of carbonyl (C=O) groups excluding carboxylic acids is 2. The van der Waals surface area contributed by atoms with Crippen molar-refractivity contribution in [3.63, 3.8) is 0 Å². The van der Waals surface area contributed by atoms with Crippen molar-refractivity contribution in [3.05, 3.63) is 71.5 Å². The first-order valence-electron chi connectivity index (χ1n) is 8.69. The molecule has 2 amide bonds. The van der Waals surface area contributed by atoms with Crippen LogP contribution in [0.4, 0.5) is 4.39 Å². The lowest BCUT2D eigenvalue weighted by Gasteiger charge is -2.33. The molecule has 0 radical (unpaired) electrons. The molecule has 27 heavy (non-hydrogen) atoms. The zero-order valence-electron chi connectivity index (χ0n) is 14.9. The Labute approximate surface area is 164 Å². The van der Waals surface area contributed by atoms with E-state index in [0.717, 1.165) is 5.56 Å². The van der Waals surface area contributed by atoms with Crippen molar-refractivity contribution < 1.29 is 14.0 Å². The van der Waals surface area contributed by atoms with Crippen molar-refractivity contribution in [3.8, 4) is 0 Å². The number of benzene rings is 2. The number of rotatable bonds is 6. The average molecular weight is 392 g/mol. The van der Waals surface area contributed by atoms with Crippen LogP contribution in [-0.4, -0.2) is 35.8 Å². The maximum Gasteiger partial charge on any atom is 0.240 e. The van der Waals surface area contributed by atoms with E-state index in [1.165, 1.54) is 6.07 Å². The molecule has 0 spiro atoms. The summed E-state index contributed by atoms with van der Waals surface area (Å²) in [5.74, 6) is -0.683. The standard InChI is InChI=1S/C20H22FN3O2.ClH/c21-17-9-5-4-8-16(17)14-24-11-10-22-18(20(24)26)12-19(25)23-13-15-6-2-1-3-7-15;/h1-9,18,22H,10-14H2,(H,23,25);1H. The van der Waals surface area contributed by atoms with E-state index in [1.54, 1.807) is 23.1 Å². The minimum absolute atomic E-state index is 0. The van der Waals surface area contributed by atoms with Gasteiger partial charge in [-0.15, -0.1) is 12.4 Å². The van der Waals surface area contributed by atoms with Gasteiger partial charge >= 0.3 is 0 Å². The summed E-state index contributed by atoms with van der Waals surface area (Å²) >= 11 is 0. The van der Waals surface area contributed by atoms with Crippen LogP contribution in [0.5, 0.6) is 0 Å². The Morgan fingerprint density at radius 1 is 1.15 bits per heavy atom. The molecule has 0 saturated carbocycles. The molecule has 144 valence electrons. The molecule has 5 nitrogen and oxygen atoms in total. The molecule has 0 aromatic heterocycles. The lowest BCUT2D eigenvalue weighted by Crippen LogP contribution is -2.55. The van der Waals surface area contributed by atoms with Gasteiger partial charge in [0.1, 0.15) is 5.82 Å². The van der Waals surface area contributed by atoms with Gasteiger partial charge in [0.25, 0.3) is 0 Å². The van der Waals surface area contributed by atoms with Crippen molar-refractivity contribution in [2.24, 2.45) is 0 Å². The highest BCUT2D eigenvalue weighted by atomic mass is 35.5. The zero-order valence-corrected chi connectivity index (χ0v) is 15.7. The fourth-order valence-electron chi connectivity index (χ4n) is 2.99. The molecule has 1 heterocycles. The number of hydrogen-bond donors (Lipinski definition) is 2. The van der Waals surface area contributed by atoms with Gasteiger partial charge in [-0.1, -0.05) is 48.5 Å². The number of nitrogens with zero attached hydrogens (tertiary/aromatic N) is 1. The molecular weight excluding hydrogens is 369 g/mol. The Bertz CT molecular complexity index is 773. The number of nitrogens with one attached hydrogen (secondary N) is 2. The minimum Gasteiger partial charge on any atom is -0.352 e. The summed E-state index contributed by atoms with van der Waals surface area (Å²) in [6.07, 6.45) is 0.0689. The van der Waals surface area contributed by atoms with Crippen molar-refractivity contribution in [1.82, 2.24) is 15.5 Å². The van der Waals surface area contributed by atoms with Crippen LogP contribution in [0.2, 0.25) is 0 Å². The highest BCUT2D eigenvalue weighted by Gasteiger charge is 2.30. The van der Waals surface area contributed by atoms with Crippen LogP contribution in [0.25, 0.3) is 0 Å². The first-order valence-corrected chi connectivity index (χ1v) is 8.69. The molecule has 7 heteroatoms. The second kappa shape index (κ2) is 10.0. The smallest absolute Gasteiger partial charge is 0.240 e. The highest BCUT2D eigenvalue weighted by Crippen LogP contribution is 2.13. The lowest BCUT2D eigenvalue weighted by atomic mass is 10.1. The van der Waals surface area contributed by atoms with E-state index < -0.39 is 6.04 Å². The lowest BCUT2D eigenvalue weighted by molar-refractivity contribution is -0.138. The molecule has 3 rings (SSSR count). The molecular formula is C20H23ClFN3O2. The number of hydrogen-bond acceptors (Lipinski definition) is 3. The van der Waals surface area contributed by atoms with E-state index in [4.69, 9.17) is 0 Å². The largest absolute Gasteiger partial charge is 0.352 e. The van der Waals surface area contributed by atoms with E-state index in [9.17, 15) is 14.0 Å². The first kappa shape index (κ1) is 20.9. The molecule has 0 aliphatic carbocycles. The van der Waals surface area contributed by atoms with E-state index in [0.29, 0.717) is 25.2 Å². The van der Waals surface area contributed by atoms with Crippen LogP contribution < -0.4 is 10.6 Å². The molecule has 2 aromatic rings. The third-order valence-electron chi connectivity index (χ3n) is 4.42. The van der Waals surface area contributed by atoms with Gasteiger partial charge in [0, 0.05) is 31.7 Å². The molecule has 1 fully saturated rings. The Balaban J connectivity index is 0.00000261. The van der Waals surface area contributed by atoms with Crippen LogP contribution in [0, 0.1) is 5.82 Å². The van der Waals surface area contributed by atoms with Gasteiger partial charge < -0.3 is 15.5 Å². The summed E-state index contributed by atoms with van der Waals surface area (Å²) in [7, 11) is 0. The number of carbonyl (C=O) groups is 2. The van der Waals surface area contributed by atoms with E-state index in [1.807, 2.05) is 30.3 Å². The normalized spacial score (nSPS) is 16.6. The Hall–Kier alpha value is -2.44. The molecule has 1 aliphatic rings. The quantitative estimate of drug-likeness (QED) is 0.794. The predicted molar refractivity (Wildman–Crippen MR) is 104 cm³/mol. The third-order valence-corrected chi connectivity index (χ3v) is 4.42. The summed E-state index contributed by atoms with van der Waals surface area (Å²) in [5, 5.41) is 5.91. The predicted octanol–water partition coefficient (Wildman–Crippen LogP) is 2.25. The maximum absolute atomic E-state index is 13.8. The topological polar surface area (TPSA) is 61.4 Å². The van der Waals surface area contributed by atoms with Crippen LogP contribution in [0.3, 0.4) is 0 Å². The van der Waals surface area contributed by atoms with Crippen molar-refractivity contribution in [2.75, 3.05) is 13.1 Å². The fraction of sp³-hybridized carbons (Fsp3) is 0.300. The van der Waals surface area contributed by atoms with Gasteiger partial charge in [0.2, 0.25) is 11.8 Å². The Kier molecular flexibility index (Phi) is 7.76. The van der Waals surface area contributed by atoms with Crippen LogP contribution in [-0.2, 0) is 22.7 Å². The second-order valence-electron chi connectivity index (χ2n) is 6.32. The van der Waals surface area contributed by atoms with Gasteiger partial charge in [-0.3, -0.25) is 9.59 Å². The monoisotopic (exact) mass is 391 g/mol. The molecule has 1 saturated heterocycles. The van der Waals surface area contributed by atoms with Crippen molar-refractivity contribution in [1.29, 1.82) is 0 Å². The third kappa shape index (κ3) is 5.77. The molecule has 2 aromatic carbocycles. The summed E-state index contributed by atoms with van der Waals surface area (Å²) in [4.78, 5) is 26.4. The highest BCUT2D eigenvalue weighted by molar-refractivity contribution is 5.88. The van der Waals surface area contributed by atoms with Gasteiger partial charge in [-0.05, 0) is 11.6 Å². The number of amides is 2. The van der Waals surface area contributed by atoms with Crippen molar-refractivity contribution >= 4 is 24.2 Å². The summed E-state index contributed by atoms with van der Waals surface area (Å²) in [5.41, 5.74) is 1.49. The second-order valence-corrected chi connectivity index (χ2v) is 6.32. The SMILES string of the molecule is Cl.O=C(CC1NCCN(Cc2ccccc2F)C1=O)NCc1ccccc1. The number of halogens is 2. The van der Waals surface area contributed by atoms with Gasteiger partial charge in [-0.25, -0.2) is 4.39 Å². The van der Waals surface area contributed by atoms with E-state index in [-0.39, 0.29) is 43.0 Å². The first-order chi connectivity index (χ1) is 12.6. The summed E-state index contributed by atoms with van der Waals surface area (Å²) < 4.78 is 13.8. The van der Waals surface area contributed by atoms with E-state index >= 15 is 0 Å². The molecule has 0 bridgehead atoms. The van der Waals surface area contributed by atoms with Gasteiger partial charge in [-0.2, -0.15) is 0 Å². The van der Waals surface area contributed by atoms with Crippen LogP contribution >= 0.6 is 12.4 Å². The Morgan fingerprint density at radius 3 is 2.59 bits per heavy atom. The van der Waals surface area contributed by atoms with Crippen LogP contribution in [0.1, 0.15) is 17.5 Å². The average Bonchev–Trinajstić information content (AvgIpc) is 2.66. The van der Waals surface area contributed by atoms with Crippen LogP contribution in [0.15, 0.2) is 54.6 Å². The minimum atomic E-state index is -0.578. The maximum atomic E-state index is 13.8. The molecule has 1 atom stereocenters. The van der Waals surface area contributed by atoms with E-state index in [2.05, 4.69) is 10.6 Å². The summed E-state index contributed by atoms with van der Waals surface area (Å²) in [6, 6.07) is 15.5. The molecule has 1 aliphatic heterocycles. The zero-order chi connectivity index (χ0) is 18.4. The number of piperazine rings is 1. The van der Waals surface area contributed by atoms with Gasteiger partial charge in [0.05, 0.1) is 12.5 Å². The molecule has 1 unspecified atom stereocenters. The van der Waals surface area contributed by atoms with Gasteiger partial charge in [0.15, 0.2) is 0 Å². The Morgan fingerprint density at radius 2 is 1.85 bits per heavy atom. The summed E-state index contributed by atoms with van der Waals surface area (Å²) in [6.45, 7) is 1.72. The molecule has 2 N–H and O–H groups in total. The van der Waals surface area contributed by atoms with Crippen molar-refractivity contribution in [2.45, 2.75) is 25.6 Å². The fourth-order valence-corrected chi connectivity index (χ4v) is 2.99.